The van der Waals surface area contributed by atoms with Crippen molar-refractivity contribution in [1.82, 2.24) is 24.5 Å². The molecule has 2 heterocycles. The highest BCUT2D eigenvalue weighted by Crippen LogP contribution is 2.23. The molecule has 0 radical (unpaired) electrons. The number of nitrogens with one attached hydrogen (secondary N) is 1. The second-order valence-corrected chi connectivity index (χ2v) is 8.51. The summed E-state index contributed by atoms with van der Waals surface area (Å²) in [5, 5.41) is 13.7. The van der Waals surface area contributed by atoms with Crippen LogP contribution in [0.3, 0.4) is 0 Å². The van der Waals surface area contributed by atoms with Crippen molar-refractivity contribution < 1.29 is 0 Å². The molecule has 3 rings (SSSR count). The molecule has 0 unspecified atom stereocenters. The van der Waals surface area contributed by atoms with E-state index in [1.54, 1.807) is 0 Å². The van der Waals surface area contributed by atoms with Crippen molar-refractivity contribution in [3.8, 4) is 0 Å². The normalized spacial score (nSPS) is 11.0. The lowest BCUT2D eigenvalue weighted by Crippen LogP contribution is -2.31. The molecule has 29 heavy (non-hydrogen) atoms. The van der Waals surface area contributed by atoms with Crippen LogP contribution in [0.15, 0.2) is 34.9 Å². The summed E-state index contributed by atoms with van der Waals surface area (Å²) >= 11 is 15.4. The van der Waals surface area contributed by atoms with Gasteiger partial charge in [0.2, 0.25) is 0 Å². The van der Waals surface area contributed by atoms with Gasteiger partial charge >= 0.3 is 0 Å². The number of aromatic nitrogens is 4. The molecule has 1 aromatic carbocycles. The van der Waals surface area contributed by atoms with Crippen LogP contribution in [0.4, 0.5) is 5.82 Å². The van der Waals surface area contributed by atoms with Crippen LogP contribution in [-0.4, -0.2) is 36.6 Å². The van der Waals surface area contributed by atoms with Gasteiger partial charge in [0.15, 0.2) is 10.9 Å². The number of thiocarbonyl (C=S) groups is 1. The van der Waals surface area contributed by atoms with E-state index in [-0.39, 0.29) is 0 Å². The van der Waals surface area contributed by atoms with E-state index in [1.165, 1.54) is 11.3 Å². The minimum atomic E-state index is 0.581. The van der Waals surface area contributed by atoms with Crippen molar-refractivity contribution in [1.29, 1.82) is 0 Å². The fraction of sp³-hybridized carbons (Fsp3) is 0.350. The van der Waals surface area contributed by atoms with Crippen LogP contribution in [0.25, 0.3) is 0 Å². The van der Waals surface area contributed by atoms with Crippen LogP contribution in [0, 0.1) is 13.8 Å². The van der Waals surface area contributed by atoms with Crippen molar-refractivity contribution in [3.05, 3.63) is 62.5 Å². The zero-order chi connectivity index (χ0) is 21.1. The highest BCUT2D eigenvalue weighted by Gasteiger charge is 2.16. The molecule has 0 spiro atoms. The maximum Gasteiger partial charge on any atom is 0.174 e. The first-order valence-corrected chi connectivity index (χ1v) is 10.9. The molecule has 0 saturated carbocycles. The molecule has 3 aromatic rings. The summed E-state index contributed by atoms with van der Waals surface area (Å²) in [6, 6.07) is 7.75. The number of anilines is 1. The molecule has 0 aliphatic carbocycles. The summed E-state index contributed by atoms with van der Waals surface area (Å²) in [4.78, 5) is 1.99. The second-order valence-electron chi connectivity index (χ2n) is 6.87. The Morgan fingerprint density at radius 2 is 2.00 bits per heavy atom. The number of hydrogen-bond acceptors (Lipinski definition) is 3. The lowest BCUT2D eigenvalue weighted by molar-refractivity contribution is 0.504. The van der Waals surface area contributed by atoms with Gasteiger partial charge in [-0.1, -0.05) is 29.8 Å². The Kier molecular flexibility index (Phi) is 6.97. The Bertz CT molecular complexity index is 1030. The largest absolute Gasteiger partial charge is 0.348 e. The maximum atomic E-state index is 6.26. The van der Waals surface area contributed by atoms with Crippen molar-refractivity contribution in [2.75, 3.05) is 12.4 Å². The summed E-state index contributed by atoms with van der Waals surface area (Å²) < 4.78 is 4.68. The molecule has 2 aromatic heterocycles. The fourth-order valence-corrected chi connectivity index (χ4v) is 3.91. The molecule has 0 fully saturated rings. The molecule has 9 heteroatoms. The molecular weight excluding hydrogens is 472 g/mol. The molecule has 6 nitrogen and oxygen atoms in total. The zero-order valence-corrected chi connectivity index (χ0v) is 20.1. The van der Waals surface area contributed by atoms with Crippen LogP contribution in [0.1, 0.15) is 29.4 Å². The van der Waals surface area contributed by atoms with Gasteiger partial charge in [0.05, 0.1) is 16.7 Å². The lowest BCUT2D eigenvalue weighted by Gasteiger charge is -2.20. The SMILES string of the molecule is CCn1nc(C)c(CN(C)C(=S)Nc2nn(Cc3ccccc3Cl)cc2Br)c1C. The molecule has 0 amide bonds. The highest BCUT2D eigenvalue weighted by atomic mass is 79.9. The molecule has 0 saturated heterocycles. The van der Waals surface area contributed by atoms with Gasteiger partial charge in [-0.15, -0.1) is 0 Å². The second kappa shape index (κ2) is 9.28. The highest BCUT2D eigenvalue weighted by molar-refractivity contribution is 9.10. The van der Waals surface area contributed by atoms with E-state index >= 15 is 0 Å². The van der Waals surface area contributed by atoms with E-state index in [9.17, 15) is 0 Å². The van der Waals surface area contributed by atoms with Gasteiger partial charge in [0.25, 0.3) is 0 Å². The molecule has 0 bridgehead atoms. The van der Waals surface area contributed by atoms with Gasteiger partial charge in [0.1, 0.15) is 0 Å². The fourth-order valence-electron chi connectivity index (χ4n) is 3.14. The number of benzene rings is 1. The third-order valence-electron chi connectivity index (χ3n) is 4.81. The first kappa shape index (κ1) is 21.8. The predicted octanol–water partition coefficient (Wildman–Crippen LogP) is 5.01. The van der Waals surface area contributed by atoms with E-state index in [4.69, 9.17) is 23.8 Å². The van der Waals surface area contributed by atoms with Crippen LogP contribution in [0.2, 0.25) is 5.02 Å². The monoisotopic (exact) mass is 494 g/mol. The van der Waals surface area contributed by atoms with Crippen molar-refractivity contribution >= 4 is 50.7 Å². The minimum Gasteiger partial charge on any atom is -0.348 e. The number of hydrogen-bond donors (Lipinski definition) is 1. The quantitative estimate of drug-likeness (QED) is 0.487. The smallest absolute Gasteiger partial charge is 0.174 e. The average molecular weight is 496 g/mol. The summed E-state index contributed by atoms with van der Waals surface area (Å²) in [6.45, 7) is 8.34. The van der Waals surface area contributed by atoms with E-state index in [0.717, 1.165) is 27.3 Å². The Morgan fingerprint density at radius 1 is 1.28 bits per heavy atom. The van der Waals surface area contributed by atoms with Gasteiger partial charge in [-0.3, -0.25) is 9.36 Å². The van der Waals surface area contributed by atoms with Crippen LogP contribution < -0.4 is 5.32 Å². The van der Waals surface area contributed by atoms with Gasteiger partial charge in [0, 0.05) is 42.6 Å². The number of halogens is 2. The first-order chi connectivity index (χ1) is 13.8. The van der Waals surface area contributed by atoms with Gasteiger partial charge in [-0.05, 0) is 60.5 Å². The summed E-state index contributed by atoms with van der Waals surface area (Å²) in [5.74, 6) is 0.673. The van der Waals surface area contributed by atoms with E-state index in [1.807, 2.05) is 58.7 Å². The first-order valence-electron chi connectivity index (χ1n) is 9.31. The average Bonchev–Trinajstić information content (AvgIpc) is 3.16. The summed E-state index contributed by atoms with van der Waals surface area (Å²) in [7, 11) is 1.96. The number of aryl methyl sites for hydroxylation is 2. The van der Waals surface area contributed by atoms with E-state index in [0.29, 0.717) is 24.0 Å². The third kappa shape index (κ3) is 4.99. The van der Waals surface area contributed by atoms with Gasteiger partial charge < -0.3 is 10.2 Å². The Labute approximate surface area is 190 Å². The minimum absolute atomic E-state index is 0.581. The lowest BCUT2D eigenvalue weighted by atomic mass is 10.2. The molecular formula is C20H24BrClN6S. The molecule has 0 aliphatic heterocycles. The Hall–Kier alpha value is -1.90. The maximum absolute atomic E-state index is 6.26. The van der Waals surface area contributed by atoms with Gasteiger partial charge in [-0.25, -0.2) is 0 Å². The van der Waals surface area contributed by atoms with Gasteiger partial charge in [-0.2, -0.15) is 10.2 Å². The summed E-state index contributed by atoms with van der Waals surface area (Å²) in [5.41, 5.74) is 4.41. The standard InChI is InChI=1S/C20H24BrClN6S/c1-5-28-14(3)16(13(2)24-28)11-26(4)20(29)23-19-17(21)12-27(25-19)10-15-8-6-7-9-18(15)22/h6-9,12H,5,10-11H2,1-4H3,(H,23,25,29). The van der Waals surface area contributed by atoms with Crippen LogP contribution in [-0.2, 0) is 19.6 Å². The number of rotatable bonds is 6. The Morgan fingerprint density at radius 3 is 2.66 bits per heavy atom. The number of nitrogens with zero attached hydrogens (tertiary/aromatic N) is 5. The zero-order valence-electron chi connectivity index (χ0n) is 16.9. The van der Waals surface area contributed by atoms with Crippen molar-refractivity contribution in [2.45, 2.75) is 40.4 Å². The van der Waals surface area contributed by atoms with Crippen LogP contribution >= 0.6 is 39.7 Å². The third-order valence-corrected chi connectivity index (χ3v) is 6.17. The molecule has 1 N–H and O–H groups in total. The molecule has 0 atom stereocenters. The van der Waals surface area contributed by atoms with Crippen molar-refractivity contribution in [2.24, 2.45) is 0 Å². The van der Waals surface area contributed by atoms with Crippen molar-refractivity contribution in [3.63, 3.8) is 0 Å². The molecule has 0 aliphatic rings. The van der Waals surface area contributed by atoms with E-state index in [2.05, 4.69) is 45.3 Å². The predicted molar refractivity (Wildman–Crippen MR) is 126 cm³/mol. The summed E-state index contributed by atoms with van der Waals surface area (Å²) in [6.07, 6.45) is 1.91. The van der Waals surface area contributed by atoms with E-state index < -0.39 is 0 Å². The topological polar surface area (TPSA) is 50.9 Å². The Balaban J connectivity index is 1.68. The molecule has 154 valence electrons. The van der Waals surface area contributed by atoms with Crippen LogP contribution in [0.5, 0.6) is 0 Å².